The molecular formula is C14H18F3NO3. The van der Waals surface area contributed by atoms with Gasteiger partial charge in [0.05, 0.1) is 18.8 Å². The fourth-order valence-electron chi connectivity index (χ4n) is 2.24. The number of hydrogen-bond donors (Lipinski definition) is 1. The Morgan fingerprint density at radius 3 is 2.62 bits per heavy atom. The molecule has 1 aromatic rings. The van der Waals surface area contributed by atoms with Crippen molar-refractivity contribution in [1.82, 2.24) is 4.90 Å². The average molecular weight is 305 g/mol. The number of aliphatic hydroxyl groups is 1. The molecule has 2 atom stereocenters. The van der Waals surface area contributed by atoms with Gasteiger partial charge in [0.15, 0.2) is 0 Å². The molecule has 0 aromatic heterocycles. The molecule has 0 spiro atoms. The monoisotopic (exact) mass is 305 g/mol. The molecule has 1 aliphatic rings. The molecule has 1 N–H and O–H groups in total. The summed E-state index contributed by atoms with van der Waals surface area (Å²) < 4.78 is 45.4. The van der Waals surface area contributed by atoms with E-state index in [1.807, 2.05) is 7.05 Å². The van der Waals surface area contributed by atoms with Crippen LogP contribution >= 0.6 is 0 Å². The third kappa shape index (κ3) is 5.18. The Kier molecular flexibility index (Phi) is 5.08. The highest BCUT2D eigenvalue weighted by Gasteiger charge is 2.31. The molecule has 1 saturated heterocycles. The van der Waals surface area contributed by atoms with Crippen molar-refractivity contribution in [1.29, 1.82) is 0 Å². The largest absolute Gasteiger partial charge is 0.573 e. The van der Waals surface area contributed by atoms with Crippen molar-refractivity contribution in [2.75, 3.05) is 26.7 Å². The lowest BCUT2D eigenvalue weighted by atomic mass is 10.0. The van der Waals surface area contributed by atoms with Crippen molar-refractivity contribution in [3.8, 4) is 5.75 Å². The lowest BCUT2D eigenvalue weighted by Crippen LogP contribution is -2.46. The maximum atomic E-state index is 12.0. The number of likely N-dealkylation sites (N-methyl/N-ethyl adjacent to an activating group) is 1. The predicted octanol–water partition coefficient (Wildman–Crippen LogP) is 1.82. The Morgan fingerprint density at radius 1 is 1.38 bits per heavy atom. The third-order valence-corrected chi connectivity index (χ3v) is 3.33. The zero-order valence-electron chi connectivity index (χ0n) is 11.6. The summed E-state index contributed by atoms with van der Waals surface area (Å²) in [5, 5.41) is 10.1. The average Bonchev–Trinajstić information content (AvgIpc) is 2.39. The Balaban J connectivity index is 1.90. The van der Waals surface area contributed by atoms with Gasteiger partial charge in [-0.2, -0.15) is 0 Å². The summed E-state index contributed by atoms with van der Waals surface area (Å²) in [6.45, 7) is 2.03. The SMILES string of the molecule is CN1CCOC(C(O)Cc2ccc(OC(F)(F)F)cc2)C1. The highest BCUT2D eigenvalue weighted by Crippen LogP contribution is 2.23. The van der Waals surface area contributed by atoms with Crippen LogP contribution in [0.25, 0.3) is 0 Å². The number of aliphatic hydroxyl groups excluding tert-OH is 1. The minimum absolute atomic E-state index is 0.269. The van der Waals surface area contributed by atoms with E-state index in [9.17, 15) is 18.3 Å². The van der Waals surface area contributed by atoms with Crippen molar-refractivity contribution >= 4 is 0 Å². The first-order valence-electron chi connectivity index (χ1n) is 6.66. The summed E-state index contributed by atoms with van der Waals surface area (Å²) in [6.07, 6.45) is -5.34. The van der Waals surface area contributed by atoms with Crippen LogP contribution in [0.5, 0.6) is 5.75 Å². The second kappa shape index (κ2) is 6.64. The molecule has 7 heteroatoms. The second-order valence-corrected chi connectivity index (χ2v) is 5.13. The molecule has 1 fully saturated rings. The molecule has 1 aromatic carbocycles. The summed E-state index contributed by atoms with van der Waals surface area (Å²) in [4.78, 5) is 2.07. The fourth-order valence-corrected chi connectivity index (χ4v) is 2.24. The molecule has 2 rings (SSSR count). The van der Waals surface area contributed by atoms with Crippen LogP contribution < -0.4 is 4.74 Å². The van der Waals surface area contributed by atoms with Crippen molar-refractivity contribution in [2.24, 2.45) is 0 Å². The first-order chi connectivity index (χ1) is 9.83. The van der Waals surface area contributed by atoms with Gasteiger partial charge in [0.1, 0.15) is 5.75 Å². The highest BCUT2D eigenvalue weighted by molar-refractivity contribution is 5.28. The van der Waals surface area contributed by atoms with E-state index in [0.717, 1.165) is 12.1 Å². The Hall–Kier alpha value is -1.31. The zero-order chi connectivity index (χ0) is 15.5. The third-order valence-electron chi connectivity index (χ3n) is 3.33. The maximum Gasteiger partial charge on any atom is 0.573 e. The molecule has 1 aliphatic heterocycles. The van der Waals surface area contributed by atoms with E-state index < -0.39 is 12.5 Å². The summed E-state index contributed by atoms with van der Waals surface area (Å²) in [6, 6.07) is 5.50. The fraction of sp³-hybridized carbons (Fsp3) is 0.571. The van der Waals surface area contributed by atoms with Crippen LogP contribution in [0.3, 0.4) is 0 Å². The summed E-state index contributed by atoms with van der Waals surface area (Å²) in [5.74, 6) is -0.269. The van der Waals surface area contributed by atoms with E-state index in [0.29, 0.717) is 19.6 Å². The normalized spacial score (nSPS) is 22.0. The minimum Gasteiger partial charge on any atom is -0.406 e. The Labute approximate surface area is 121 Å². The predicted molar refractivity (Wildman–Crippen MR) is 70.1 cm³/mol. The van der Waals surface area contributed by atoms with Gasteiger partial charge in [0.2, 0.25) is 0 Å². The van der Waals surface area contributed by atoms with Crippen LogP contribution in [0.1, 0.15) is 5.56 Å². The van der Waals surface area contributed by atoms with Crippen molar-refractivity contribution in [2.45, 2.75) is 25.0 Å². The second-order valence-electron chi connectivity index (χ2n) is 5.13. The topological polar surface area (TPSA) is 41.9 Å². The molecule has 2 unspecified atom stereocenters. The van der Waals surface area contributed by atoms with Crippen molar-refractivity contribution < 1.29 is 27.8 Å². The number of benzene rings is 1. The summed E-state index contributed by atoms with van der Waals surface area (Å²) in [7, 11) is 1.95. The number of nitrogens with zero attached hydrogens (tertiary/aromatic N) is 1. The number of hydrogen-bond acceptors (Lipinski definition) is 4. The molecule has 4 nitrogen and oxygen atoms in total. The van der Waals surface area contributed by atoms with Gasteiger partial charge in [-0.05, 0) is 24.7 Å². The highest BCUT2D eigenvalue weighted by atomic mass is 19.4. The van der Waals surface area contributed by atoms with E-state index in [1.165, 1.54) is 24.3 Å². The van der Waals surface area contributed by atoms with Crippen LogP contribution in [-0.2, 0) is 11.2 Å². The first-order valence-corrected chi connectivity index (χ1v) is 6.66. The van der Waals surface area contributed by atoms with E-state index in [-0.39, 0.29) is 11.9 Å². The number of ether oxygens (including phenoxy) is 2. The summed E-state index contributed by atoms with van der Waals surface area (Å²) in [5.41, 5.74) is 0.730. The van der Waals surface area contributed by atoms with Crippen molar-refractivity contribution in [3.63, 3.8) is 0 Å². The standard InChI is InChI=1S/C14H18F3NO3/c1-18-6-7-20-13(9-18)12(19)8-10-2-4-11(5-3-10)21-14(15,16)17/h2-5,12-13,19H,6-9H2,1H3. The number of rotatable bonds is 4. The molecule has 1 heterocycles. The number of halogens is 3. The van der Waals surface area contributed by atoms with E-state index in [1.54, 1.807) is 0 Å². The molecule has 0 amide bonds. The Bertz CT molecular complexity index is 450. The van der Waals surface area contributed by atoms with Gasteiger partial charge in [0.25, 0.3) is 0 Å². The van der Waals surface area contributed by atoms with Crippen molar-refractivity contribution in [3.05, 3.63) is 29.8 Å². The first kappa shape index (κ1) is 16.1. The van der Waals surface area contributed by atoms with Crippen LogP contribution in [0.4, 0.5) is 13.2 Å². The van der Waals surface area contributed by atoms with E-state index in [2.05, 4.69) is 9.64 Å². The lowest BCUT2D eigenvalue weighted by molar-refractivity contribution is -0.274. The van der Waals surface area contributed by atoms with Gasteiger partial charge >= 0.3 is 6.36 Å². The molecule has 0 bridgehead atoms. The number of alkyl halides is 3. The molecular weight excluding hydrogens is 287 g/mol. The van der Waals surface area contributed by atoms with Gasteiger partial charge < -0.3 is 19.5 Å². The summed E-state index contributed by atoms with van der Waals surface area (Å²) >= 11 is 0. The molecule has 118 valence electrons. The smallest absolute Gasteiger partial charge is 0.406 e. The molecule has 0 aliphatic carbocycles. The van der Waals surface area contributed by atoms with Gasteiger partial charge in [0, 0.05) is 19.5 Å². The quantitative estimate of drug-likeness (QED) is 0.921. The minimum atomic E-state index is -4.69. The van der Waals surface area contributed by atoms with Crippen LogP contribution in [0.2, 0.25) is 0 Å². The number of morpholine rings is 1. The lowest BCUT2D eigenvalue weighted by Gasteiger charge is -2.33. The molecule has 0 radical (unpaired) electrons. The van der Waals surface area contributed by atoms with Crippen LogP contribution in [0.15, 0.2) is 24.3 Å². The molecule has 0 saturated carbocycles. The van der Waals surface area contributed by atoms with E-state index >= 15 is 0 Å². The van der Waals surface area contributed by atoms with Gasteiger partial charge in [-0.15, -0.1) is 13.2 Å². The molecule has 21 heavy (non-hydrogen) atoms. The van der Waals surface area contributed by atoms with Gasteiger partial charge in [-0.1, -0.05) is 12.1 Å². The van der Waals surface area contributed by atoms with E-state index in [4.69, 9.17) is 4.74 Å². The zero-order valence-corrected chi connectivity index (χ0v) is 11.6. The Morgan fingerprint density at radius 2 is 2.05 bits per heavy atom. The van der Waals surface area contributed by atoms with Crippen LogP contribution in [-0.4, -0.2) is 55.3 Å². The van der Waals surface area contributed by atoms with Gasteiger partial charge in [-0.25, -0.2) is 0 Å². The van der Waals surface area contributed by atoms with Crippen LogP contribution in [0, 0.1) is 0 Å². The maximum absolute atomic E-state index is 12.0. The van der Waals surface area contributed by atoms with Gasteiger partial charge in [-0.3, -0.25) is 0 Å².